The zero-order chi connectivity index (χ0) is 7.72. The summed E-state index contributed by atoms with van der Waals surface area (Å²) in [5.74, 6) is 0.970. The predicted octanol–water partition coefficient (Wildman–Crippen LogP) is 1.76. The molecule has 0 saturated carbocycles. The molecule has 54 valence electrons. The van der Waals surface area contributed by atoms with E-state index >= 15 is 0 Å². The van der Waals surface area contributed by atoms with Crippen LogP contribution in [0.4, 0.5) is 0 Å². The van der Waals surface area contributed by atoms with Gasteiger partial charge < -0.3 is 4.57 Å². The molecule has 0 aliphatic heterocycles. The average molecular weight is 136 g/mol. The van der Waals surface area contributed by atoms with Crippen molar-refractivity contribution in [3.05, 3.63) is 24.3 Å². The van der Waals surface area contributed by atoms with Gasteiger partial charge in [-0.05, 0) is 19.4 Å². The second-order valence-corrected chi connectivity index (χ2v) is 2.60. The van der Waals surface area contributed by atoms with Gasteiger partial charge in [-0.1, -0.05) is 6.58 Å². The molecule has 0 amide bonds. The van der Waals surface area contributed by atoms with E-state index in [1.165, 1.54) is 0 Å². The first-order valence-electron chi connectivity index (χ1n) is 3.27. The Morgan fingerprint density at radius 3 is 2.50 bits per heavy atom. The van der Waals surface area contributed by atoms with Crippen LogP contribution in [0.3, 0.4) is 0 Å². The van der Waals surface area contributed by atoms with E-state index in [0.29, 0.717) is 0 Å². The molecule has 10 heavy (non-hydrogen) atoms. The van der Waals surface area contributed by atoms with Crippen LogP contribution in [0.25, 0.3) is 5.57 Å². The summed E-state index contributed by atoms with van der Waals surface area (Å²) in [5, 5.41) is 0. The van der Waals surface area contributed by atoms with E-state index in [0.717, 1.165) is 17.1 Å². The van der Waals surface area contributed by atoms with E-state index in [4.69, 9.17) is 0 Å². The zero-order valence-corrected chi connectivity index (χ0v) is 6.68. The van der Waals surface area contributed by atoms with Crippen LogP contribution in [0, 0.1) is 6.92 Å². The summed E-state index contributed by atoms with van der Waals surface area (Å²) < 4.78 is 1.98. The molecule has 1 heterocycles. The lowest BCUT2D eigenvalue weighted by molar-refractivity contribution is 0.889. The van der Waals surface area contributed by atoms with E-state index < -0.39 is 0 Å². The molecule has 0 N–H and O–H groups in total. The summed E-state index contributed by atoms with van der Waals surface area (Å²) in [6.07, 6.45) is 1.99. The monoisotopic (exact) mass is 136 g/mol. The predicted molar refractivity (Wildman–Crippen MR) is 42.7 cm³/mol. The summed E-state index contributed by atoms with van der Waals surface area (Å²) in [6.45, 7) is 7.75. The van der Waals surface area contributed by atoms with E-state index in [1.54, 1.807) is 0 Å². The maximum atomic E-state index is 4.27. The highest BCUT2D eigenvalue weighted by Crippen LogP contribution is 2.08. The van der Waals surface area contributed by atoms with Crippen molar-refractivity contribution in [3.8, 4) is 0 Å². The lowest BCUT2D eigenvalue weighted by atomic mass is 10.3. The summed E-state index contributed by atoms with van der Waals surface area (Å²) in [4.78, 5) is 4.27. The molecule has 0 saturated heterocycles. The molecule has 1 rings (SSSR count). The largest absolute Gasteiger partial charge is 0.334 e. The smallest absolute Gasteiger partial charge is 0.134 e. The van der Waals surface area contributed by atoms with E-state index in [-0.39, 0.29) is 0 Å². The first-order valence-corrected chi connectivity index (χ1v) is 3.27. The molecule has 0 spiro atoms. The molecule has 0 unspecified atom stereocenters. The molecule has 0 aromatic carbocycles. The minimum atomic E-state index is 0.970. The van der Waals surface area contributed by atoms with Crippen molar-refractivity contribution < 1.29 is 0 Å². The van der Waals surface area contributed by atoms with Crippen molar-refractivity contribution in [3.63, 3.8) is 0 Å². The third-order valence-electron chi connectivity index (χ3n) is 1.38. The number of hydrogen-bond donors (Lipinski definition) is 0. The molecule has 0 aliphatic rings. The second-order valence-electron chi connectivity index (χ2n) is 2.60. The first kappa shape index (κ1) is 7.06. The lowest BCUT2D eigenvalue weighted by Crippen LogP contribution is -1.92. The van der Waals surface area contributed by atoms with Crippen LogP contribution in [0.2, 0.25) is 0 Å². The summed E-state index contributed by atoms with van der Waals surface area (Å²) in [7, 11) is 1.98. The molecule has 0 radical (unpaired) electrons. The fraction of sp³-hybridized carbons (Fsp3) is 0.375. The van der Waals surface area contributed by atoms with Crippen LogP contribution < -0.4 is 0 Å². The first-order chi connectivity index (χ1) is 4.61. The minimum Gasteiger partial charge on any atom is -0.334 e. The molecule has 2 heteroatoms. The Kier molecular flexibility index (Phi) is 1.62. The van der Waals surface area contributed by atoms with Gasteiger partial charge in [0, 0.05) is 13.2 Å². The van der Waals surface area contributed by atoms with Crippen molar-refractivity contribution in [2.24, 2.45) is 7.05 Å². The SMILES string of the molecule is C=C(C)c1nc(C)cn1C. The highest BCUT2D eigenvalue weighted by Gasteiger charge is 2.00. The van der Waals surface area contributed by atoms with Gasteiger partial charge in [-0.15, -0.1) is 0 Å². The van der Waals surface area contributed by atoms with E-state index in [9.17, 15) is 0 Å². The molecular weight excluding hydrogens is 124 g/mol. The maximum absolute atomic E-state index is 4.27. The Labute approximate surface area is 61.2 Å². The number of rotatable bonds is 1. The molecule has 0 aliphatic carbocycles. The highest BCUT2D eigenvalue weighted by atomic mass is 15.0. The van der Waals surface area contributed by atoms with Gasteiger partial charge in [0.05, 0.1) is 5.69 Å². The standard InChI is InChI=1S/C8H12N2/c1-6(2)8-9-7(3)5-10(8)4/h5H,1H2,2-4H3. The van der Waals surface area contributed by atoms with Crippen LogP contribution in [0.1, 0.15) is 18.4 Å². The van der Waals surface area contributed by atoms with Crippen molar-refractivity contribution in [1.29, 1.82) is 0 Å². The third kappa shape index (κ3) is 1.10. The number of hydrogen-bond acceptors (Lipinski definition) is 1. The van der Waals surface area contributed by atoms with Crippen LogP contribution in [0.5, 0.6) is 0 Å². The molecule has 2 nitrogen and oxygen atoms in total. The second kappa shape index (κ2) is 2.29. The third-order valence-corrected chi connectivity index (χ3v) is 1.38. The molecule has 0 bridgehead atoms. The fourth-order valence-corrected chi connectivity index (χ4v) is 1.01. The Bertz CT molecular complexity index is 258. The highest BCUT2D eigenvalue weighted by molar-refractivity contribution is 5.54. The maximum Gasteiger partial charge on any atom is 0.134 e. The van der Waals surface area contributed by atoms with Gasteiger partial charge in [-0.25, -0.2) is 4.98 Å². The quantitative estimate of drug-likeness (QED) is 0.575. The van der Waals surface area contributed by atoms with Gasteiger partial charge in [0.2, 0.25) is 0 Å². The fourth-order valence-electron chi connectivity index (χ4n) is 1.01. The number of aromatic nitrogens is 2. The number of aryl methyl sites for hydroxylation is 2. The summed E-state index contributed by atoms with van der Waals surface area (Å²) in [6, 6.07) is 0. The molecule has 1 aromatic rings. The van der Waals surface area contributed by atoms with Crippen molar-refractivity contribution >= 4 is 5.57 Å². The number of imidazole rings is 1. The van der Waals surface area contributed by atoms with Crippen LogP contribution in [-0.4, -0.2) is 9.55 Å². The van der Waals surface area contributed by atoms with E-state index in [2.05, 4.69) is 11.6 Å². The van der Waals surface area contributed by atoms with Crippen molar-refractivity contribution in [2.45, 2.75) is 13.8 Å². The molecule has 0 fully saturated rings. The van der Waals surface area contributed by atoms with Gasteiger partial charge >= 0.3 is 0 Å². The van der Waals surface area contributed by atoms with Gasteiger partial charge in [0.25, 0.3) is 0 Å². The Morgan fingerprint density at radius 2 is 2.30 bits per heavy atom. The summed E-state index contributed by atoms with van der Waals surface area (Å²) in [5.41, 5.74) is 2.05. The molecule has 0 atom stereocenters. The normalized spacial score (nSPS) is 9.90. The van der Waals surface area contributed by atoms with Gasteiger partial charge in [-0.3, -0.25) is 0 Å². The minimum absolute atomic E-state index is 0.970. The summed E-state index contributed by atoms with van der Waals surface area (Å²) >= 11 is 0. The van der Waals surface area contributed by atoms with Gasteiger partial charge in [-0.2, -0.15) is 0 Å². The molecular formula is C8H12N2. The number of nitrogens with zero attached hydrogens (tertiary/aromatic N) is 2. The van der Waals surface area contributed by atoms with E-state index in [1.807, 2.05) is 31.7 Å². The Hall–Kier alpha value is -1.05. The average Bonchev–Trinajstić information content (AvgIpc) is 2.10. The zero-order valence-electron chi connectivity index (χ0n) is 6.68. The Morgan fingerprint density at radius 1 is 1.70 bits per heavy atom. The lowest BCUT2D eigenvalue weighted by Gasteiger charge is -1.96. The van der Waals surface area contributed by atoms with Crippen LogP contribution in [-0.2, 0) is 7.05 Å². The van der Waals surface area contributed by atoms with Gasteiger partial charge in [0.1, 0.15) is 5.82 Å². The van der Waals surface area contributed by atoms with Gasteiger partial charge in [0.15, 0.2) is 0 Å². The Balaban J connectivity index is 3.15. The molecule has 1 aromatic heterocycles. The van der Waals surface area contributed by atoms with Crippen LogP contribution >= 0.6 is 0 Å². The van der Waals surface area contributed by atoms with Crippen molar-refractivity contribution in [1.82, 2.24) is 9.55 Å². The number of allylic oxidation sites excluding steroid dienone is 1. The topological polar surface area (TPSA) is 17.8 Å². The van der Waals surface area contributed by atoms with Crippen molar-refractivity contribution in [2.75, 3.05) is 0 Å². The van der Waals surface area contributed by atoms with Crippen LogP contribution in [0.15, 0.2) is 12.8 Å².